The van der Waals surface area contributed by atoms with Crippen LogP contribution in [-0.2, 0) is 0 Å². The molecule has 1 fully saturated rings. The zero-order valence-electron chi connectivity index (χ0n) is 9.11. The maximum absolute atomic E-state index is 10.6. The topological polar surface area (TPSA) is 55.1 Å². The smallest absolute Gasteiger partial charge is 0.316 e. The molecule has 0 atom stereocenters. The summed E-state index contributed by atoms with van der Waals surface area (Å²) < 4.78 is 0. The number of carbonyl (C=O) groups is 1. The number of benzene rings is 1. The van der Waals surface area contributed by atoms with Crippen molar-refractivity contribution in [1.82, 2.24) is 0 Å². The Morgan fingerprint density at radius 1 is 1.25 bits per heavy atom. The summed E-state index contributed by atoms with van der Waals surface area (Å²) in [6.45, 7) is 0. The predicted molar refractivity (Wildman–Crippen MR) is 67.8 cm³/mol. The van der Waals surface area contributed by atoms with Crippen LogP contribution >= 0.6 is 11.8 Å². The van der Waals surface area contributed by atoms with E-state index in [1.807, 2.05) is 36.0 Å². The van der Waals surface area contributed by atoms with Crippen LogP contribution < -0.4 is 11.1 Å². The third kappa shape index (κ3) is 3.17. The first-order valence-corrected chi connectivity index (χ1v) is 6.45. The minimum absolute atomic E-state index is 0.517. The van der Waals surface area contributed by atoms with Crippen LogP contribution in [-0.4, -0.2) is 11.3 Å². The quantitative estimate of drug-likeness (QED) is 0.846. The summed E-state index contributed by atoms with van der Waals surface area (Å²) in [6.07, 6.45) is 5.37. The van der Waals surface area contributed by atoms with Crippen molar-refractivity contribution in [2.75, 3.05) is 5.32 Å². The van der Waals surface area contributed by atoms with Gasteiger partial charge in [-0.2, -0.15) is 0 Å². The van der Waals surface area contributed by atoms with Crippen molar-refractivity contribution in [3.8, 4) is 0 Å². The molecule has 3 nitrogen and oxygen atoms in total. The van der Waals surface area contributed by atoms with Gasteiger partial charge in [0.25, 0.3) is 0 Å². The van der Waals surface area contributed by atoms with E-state index in [2.05, 4.69) is 5.32 Å². The van der Waals surface area contributed by atoms with Gasteiger partial charge in [-0.1, -0.05) is 12.8 Å². The van der Waals surface area contributed by atoms with Crippen LogP contribution in [0.5, 0.6) is 0 Å². The monoisotopic (exact) mass is 236 g/mol. The van der Waals surface area contributed by atoms with E-state index in [0.717, 1.165) is 10.9 Å². The van der Waals surface area contributed by atoms with Gasteiger partial charge in [-0.15, -0.1) is 11.8 Å². The number of anilines is 1. The van der Waals surface area contributed by atoms with Crippen molar-refractivity contribution in [3.63, 3.8) is 0 Å². The number of carbonyl (C=O) groups excluding carboxylic acids is 1. The molecule has 4 heteroatoms. The van der Waals surface area contributed by atoms with Gasteiger partial charge in [-0.05, 0) is 37.1 Å². The fourth-order valence-electron chi connectivity index (χ4n) is 1.96. The standard InChI is InChI=1S/C12H16N2OS/c13-12(15)14-9-5-7-11(8-6-9)16-10-3-1-2-4-10/h5-8,10H,1-4H2,(H3,13,14,15). The number of nitrogens with two attached hydrogens (primary N) is 1. The maximum Gasteiger partial charge on any atom is 0.316 e. The van der Waals surface area contributed by atoms with E-state index in [4.69, 9.17) is 5.73 Å². The number of thioether (sulfide) groups is 1. The molecule has 0 saturated heterocycles. The molecule has 1 aromatic rings. The first-order chi connectivity index (χ1) is 7.74. The average molecular weight is 236 g/mol. The Kier molecular flexibility index (Phi) is 3.72. The third-order valence-corrected chi connectivity index (χ3v) is 4.08. The zero-order chi connectivity index (χ0) is 11.4. The van der Waals surface area contributed by atoms with Crippen molar-refractivity contribution < 1.29 is 4.79 Å². The van der Waals surface area contributed by atoms with Crippen molar-refractivity contribution >= 4 is 23.5 Å². The average Bonchev–Trinajstić information content (AvgIpc) is 2.73. The van der Waals surface area contributed by atoms with E-state index in [1.165, 1.54) is 30.6 Å². The number of rotatable bonds is 3. The molecule has 3 N–H and O–H groups in total. The van der Waals surface area contributed by atoms with E-state index in [0.29, 0.717) is 0 Å². The molecule has 1 aliphatic carbocycles. The second kappa shape index (κ2) is 5.25. The molecule has 0 heterocycles. The molecule has 1 aliphatic rings. The minimum atomic E-state index is -0.517. The van der Waals surface area contributed by atoms with Crippen LogP contribution in [0.4, 0.5) is 10.5 Å². The van der Waals surface area contributed by atoms with Gasteiger partial charge in [0.15, 0.2) is 0 Å². The Morgan fingerprint density at radius 2 is 1.88 bits per heavy atom. The number of nitrogens with one attached hydrogen (secondary N) is 1. The van der Waals surface area contributed by atoms with E-state index >= 15 is 0 Å². The predicted octanol–water partition coefficient (Wildman–Crippen LogP) is 3.21. The summed E-state index contributed by atoms with van der Waals surface area (Å²) in [5, 5.41) is 3.33. The lowest BCUT2D eigenvalue weighted by atomic mass is 10.3. The van der Waals surface area contributed by atoms with E-state index in [9.17, 15) is 4.79 Å². The summed E-state index contributed by atoms with van der Waals surface area (Å²) in [6, 6.07) is 7.34. The van der Waals surface area contributed by atoms with Crippen molar-refractivity contribution in [1.29, 1.82) is 0 Å². The summed E-state index contributed by atoms with van der Waals surface area (Å²) >= 11 is 1.93. The first kappa shape index (κ1) is 11.3. The number of amides is 2. The highest BCUT2D eigenvalue weighted by Crippen LogP contribution is 2.34. The van der Waals surface area contributed by atoms with Crippen molar-refractivity contribution in [2.45, 2.75) is 35.8 Å². The van der Waals surface area contributed by atoms with Gasteiger partial charge in [0.05, 0.1) is 0 Å². The molecule has 1 aromatic carbocycles. The van der Waals surface area contributed by atoms with Crippen molar-refractivity contribution in [3.05, 3.63) is 24.3 Å². The molecule has 2 amide bonds. The van der Waals surface area contributed by atoms with Gasteiger partial charge in [0.2, 0.25) is 0 Å². The fourth-order valence-corrected chi connectivity index (χ4v) is 3.20. The van der Waals surface area contributed by atoms with Gasteiger partial charge in [-0.3, -0.25) is 0 Å². The maximum atomic E-state index is 10.6. The Hall–Kier alpha value is -1.16. The second-order valence-corrected chi connectivity index (χ2v) is 5.41. The molecular formula is C12H16N2OS. The SMILES string of the molecule is NC(=O)Nc1ccc(SC2CCCC2)cc1. The summed E-state index contributed by atoms with van der Waals surface area (Å²) in [5.41, 5.74) is 5.79. The minimum Gasteiger partial charge on any atom is -0.351 e. The molecule has 86 valence electrons. The van der Waals surface area contributed by atoms with Gasteiger partial charge in [0, 0.05) is 15.8 Å². The molecule has 0 unspecified atom stereocenters. The molecule has 0 spiro atoms. The number of primary amides is 1. The molecule has 0 bridgehead atoms. The van der Waals surface area contributed by atoms with E-state index < -0.39 is 6.03 Å². The lowest BCUT2D eigenvalue weighted by molar-refractivity contribution is 0.259. The lowest BCUT2D eigenvalue weighted by Gasteiger charge is -2.09. The first-order valence-electron chi connectivity index (χ1n) is 5.57. The van der Waals surface area contributed by atoms with Crippen LogP contribution in [0.2, 0.25) is 0 Å². The summed E-state index contributed by atoms with van der Waals surface area (Å²) in [5.74, 6) is 0. The third-order valence-electron chi connectivity index (χ3n) is 2.73. The number of urea groups is 1. The van der Waals surface area contributed by atoms with E-state index in [1.54, 1.807) is 0 Å². The molecule has 0 radical (unpaired) electrons. The molecule has 2 rings (SSSR count). The largest absolute Gasteiger partial charge is 0.351 e. The van der Waals surface area contributed by atoms with Gasteiger partial charge in [0.1, 0.15) is 0 Å². The Labute approximate surface area is 99.8 Å². The van der Waals surface area contributed by atoms with E-state index in [-0.39, 0.29) is 0 Å². The van der Waals surface area contributed by atoms with Gasteiger partial charge >= 0.3 is 6.03 Å². The van der Waals surface area contributed by atoms with Crippen LogP contribution in [0.25, 0.3) is 0 Å². The fraction of sp³-hybridized carbons (Fsp3) is 0.417. The van der Waals surface area contributed by atoms with Crippen LogP contribution in [0.1, 0.15) is 25.7 Å². The van der Waals surface area contributed by atoms with Crippen LogP contribution in [0.15, 0.2) is 29.2 Å². The zero-order valence-corrected chi connectivity index (χ0v) is 9.93. The van der Waals surface area contributed by atoms with Gasteiger partial charge < -0.3 is 11.1 Å². The Morgan fingerprint density at radius 3 is 2.44 bits per heavy atom. The normalized spacial score (nSPS) is 16.2. The van der Waals surface area contributed by atoms with Gasteiger partial charge in [-0.25, -0.2) is 4.79 Å². The van der Waals surface area contributed by atoms with Crippen LogP contribution in [0, 0.1) is 0 Å². The Bertz CT molecular complexity index is 358. The highest BCUT2D eigenvalue weighted by atomic mass is 32.2. The molecule has 0 aromatic heterocycles. The van der Waals surface area contributed by atoms with Crippen LogP contribution in [0.3, 0.4) is 0 Å². The Balaban J connectivity index is 1.93. The molecular weight excluding hydrogens is 220 g/mol. The number of hydrogen-bond acceptors (Lipinski definition) is 2. The molecule has 16 heavy (non-hydrogen) atoms. The lowest BCUT2D eigenvalue weighted by Crippen LogP contribution is -2.19. The second-order valence-electron chi connectivity index (χ2n) is 4.04. The number of hydrogen-bond donors (Lipinski definition) is 2. The van der Waals surface area contributed by atoms with Crippen molar-refractivity contribution in [2.24, 2.45) is 5.73 Å². The molecule has 1 saturated carbocycles. The summed E-state index contributed by atoms with van der Waals surface area (Å²) in [4.78, 5) is 11.9. The highest BCUT2D eigenvalue weighted by Gasteiger charge is 2.15. The summed E-state index contributed by atoms with van der Waals surface area (Å²) in [7, 11) is 0. The molecule has 0 aliphatic heterocycles. The highest BCUT2D eigenvalue weighted by molar-refractivity contribution is 8.00.